The number of hydrogen-bond donors (Lipinski definition) is 0. The Bertz CT molecular complexity index is 3030. The number of benzene rings is 6. The molecule has 0 saturated heterocycles. The molecular formula is C62H54N4Zn. The Kier molecular flexibility index (Phi) is 13.9. The first-order valence-electron chi connectivity index (χ1n) is 22.8. The Hall–Kier alpha value is -7.20. The summed E-state index contributed by atoms with van der Waals surface area (Å²) in [6.45, 7) is 17.2. The summed E-state index contributed by atoms with van der Waals surface area (Å²) in [6, 6.07) is 63.3. The molecule has 4 heterocycles. The molecule has 4 nitrogen and oxygen atoms in total. The molecule has 0 amide bonds. The van der Waals surface area contributed by atoms with Crippen LogP contribution in [-0.4, -0.2) is 11.4 Å². The van der Waals surface area contributed by atoms with E-state index in [4.69, 9.17) is 20.0 Å². The van der Waals surface area contributed by atoms with Crippen molar-refractivity contribution >= 4 is 33.7 Å². The van der Waals surface area contributed by atoms with E-state index >= 15 is 0 Å². The van der Waals surface area contributed by atoms with Crippen LogP contribution in [0.5, 0.6) is 0 Å². The van der Waals surface area contributed by atoms with Crippen LogP contribution in [0.25, 0.3) is 44.5 Å². The molecule has 0 spiro atoms. The first-order valence-corrected chi connectivity index (χ1v) is 22.8. The molecule has 6 aromatic carbocycles. The molecule has 0 fully saturated rings. The van der Waals surface area contributed by atoms with E-state index in [0.717, 1.165) is 67.9 Å². The van der Waals surface area contributed by atoms with Gasteiger partial charge in [0.25, 0.3) is 0 Å². The van der Waals surface area contributed by atoms with Gasteiger partial charge in [0.15, 0.2) is 0 Å². The van der Waals surface area contributed by atoms with Crippen LogP contribution in [0.15, 0.2) is 215 Å². The average molecular weight is 921 g/mol. The van der Waals surface area contributed by atoms with E-state index in [1.54, 1.807) is 0 Å². The van der Waals surface area contributed by atoms with Crippen LogP contribution >= 0.6 is 0 Å². The number of aliphatic imine (C=N–C) groups is 2. The maximum absolute atomic E-state index is 5.12. The van der Waals surface area contributed by atoms with Gasteiger partial charge in [-0.15, -0.1) is 11.4 Å². The van der Waals surface area contributed by atoms with Crippen molar-refractivity contribution in [2.24, 2.45) is 9.98 Å². The van der Waals surface area contributed by atoms with E-state index in [1.807, 2.05) is 0 Å². The normalized spacial score (nSPS) is 14.9. The van der Waals surface area contributed by atoms with Crippen molar-refractivity contribution in [3.63, 3.8) is 0 Å². The number of hydrogen-bond acceptors (Lipinski definition) is 2. The van der Waals surface area contributed by atoms with E-state index in [-0.39, 0.29) is 19.5 Å². The van der Waals surface area contributed by atoms with Gasteiger partial charge in [0, 0.05) is 22.6 Å². The first kappa shape index (κ1) is 46.3. The number of aromatic nitrogens is 2. The van der Waals surface area contributed by atoms with Crippen LogP contribution in [0.3, 0.4) is 0 Å². The van der Waals surface area contributed by atoms with Crippen molar-refractivity contribution in [3.8, 4) is 22.3 Å². The summed E-state index contributed by atoms with van der Waals surface area (Å²) in [7, 11) is 0. The quantitative estimate of drug-likeness (QED) is 0.143. The average Bonchev–Trinajstić information content (AvgIpc) is 4.02. The largest absolute Gasteiger partial charge is 2.00 e. The summed E-state index contributed by atoms with van der Waals surface area (Å²) < 4.78 is 0. The van der Waals surface area contributed by atoms with Crippen molar-refractivity contribution < 1.29 is 19.5 Å². The fraction of sp³-hybridized carbons (Fsp3) is 0.129. The maximum atomic E-state index is 5.12. The minimum atomic E-state index is 0. The third kappa shape index (κ3) is 9.05. The molecule has 0 N–H and O–H groups in total. The molecule has 0 radical (unpaired) electrons. The van der Waals surface area contributed by atoms with Crippen LogP contribution in [0.4, 0.5) is 0 Å². The third-order valence-corrected chi connectivity index (χ3v) is 12.8. The Labute approximate surface area is 409 Å². The number of aryl methyl sites for hydroxylation is 2. The number of nitrogens with zero attached hydrogens (tertiary/aromatic N) is 4. The molecule has 67 heavy (non-hydrogen) atoms. The predicted octanol–water partition coefficient (Wildman–Crippen LogP) is 15.3. The molecule has 0 saturated carbocycles. The SMILES string of the molecule is CC1=N/C(=C(/c2ccccc2)c2[n-]c(C)c(-c3ccccc3)c2C)C(C)=C1c1ccccc1.CC1=N/C(=C(/c2ccccc2)c2[n-]c(C)c(-c3ccccc3)c2C)C(C)=C1c1ccccc1.[Zn+2]. The summed E-state index contributed by atoms with van der Waals surface area (Å²) in [5.74, 6) is 0. The minimum Gasteiger partial charge on any atom is -0.660 e. The molecule has 2 aromatic heterocycles. The zero-order valence-corrected chi connectivity index (χ0v) is 42.8. The van der Waals surface area contributed by atoms with E-state index < -0.39 is 0 Å². The summed E-state index contributed by atoms with van der Waals surface area (Å²) in [5, 5.41) is 0. The van der Waals surface area contributed by atoms with Gasteiger partial charge in [-0.25, -0.2) is 0 Å². The molecule has 0 aliphatic carbocycles. The summed E-state index contributed by atoms with van der Waals surface area (Å²) in [4.78, 5) is 20.5. The summed E-state index contributed by atoms with van der Waals surface area (Å²) >= 11 is 0. The Morgan fingerprint density at radius 2 is 0.612 bits per heavy atom. The van der Waals surface area contributed by atoms with Gasteiger partial charge in [0.1, 0.15) is 0 Å². The molecule has 2 aliphatic rings. The van der Waals surface area contributed by atoms with Gasteiger partial charge in [-0.05, 0) is 108 Å². The van der Waals surface area contributed by atoms with E-state index in [2.05, 4.69) is 237 Å². The molecule has 0 bridgehead atoms. The van der Waals surface area contributed by atoms with Gasteiger partial charge in [-0.1, -0.05) is 207 Å². The zero-order chi connectivity index (χ0) is 45.9. The summed E-state index contributed by atoms with van der Waals surface area (Å²) in [5.41, 5.74) is 27.1. The van der Waals surface area contributed by atoms with Crippen LogP contribution in [0.2, 0.25) is 0 Å². The molecule has 8 aromatic rings. The second kappa shape index (κ2) is 20.1. The third-order valence-electron chi connectivity index (χ3n) is 12.8. The summed E-state index contributed by atoms with van der Waals surface area (Å²) in [6.07, 6.45) is 0. The van der Waals surface area contributed by atoms with Crippen molar-refractivity contribution in [1.82, 2.24) is 9.97 Å². The maximum Gasteiger partial charge on any atom is 2.00 e. The Morgan fingerprint density at radius 3 is 0.910 bits per heavy atom. The van der Waals surface area contributed by atoms with Crippen LogP contribution in [0, 0.1) is 27.7 Å². The Balaban J connectivity index is 0.000000179. The van der Waals surface area contributed by atoms with Crippen molar-refractivity contribution in [2.45, 2.75) is 55.4 Å². The van der Waals surface area contributed by atoms with Crippen molar-refractivity contribution in [2.75, 3.05) is 0 Å². The fourth-order valence-electron chi connectivity index (χ4n) is 9.86. The smallest absolute Gasteiger partial charge is 0.660 e. The minimum absolute atomic E-state index is 0. The van der Waals surface area contributed by atoms with Gasteiger partial charge in [-0.2, -0.15) is 11.4 Å². The van der Waals surface area contributed by atoms with Crippen LogP contribution in [-0.2, 0) is 19.5 Å². The standard InChI is InChI=1S/2C31H27N2.Zn/c2*1-20-27(24-14-8-5-9-15-24)22(3)32-30(20)29(26-18-12-7-13-19-26)31-21(2)28(23(4)33-31)25-16-10-6-11-17-25;/h2*5-19H,1-4H3;/q2*-1;+2/b2*30-29-;. The van der Waals surface area contributed by atoms with E-state index in [1.165, 1.54) is 66.8 Å². The second-order valence-corrected chi connectivity index (χ2v) is 17.1. The van der Waals surface area contributed by atoms with Gasteiger partial charge in [0.05, 0.1) is 11.4 Å². The Morgan fingerprint density at radius 1 is 0.343 bits per heavy atom. The van der Waals surface area contributed by atoms with Crippen LogP contribution < -0.4 is 9.97 Å². The molecule has 0 atom stereocenters. The molecule has 324 valence electrons. The van der Waals surface area contributed by atoms with Gasteiger partial charge in [0.2, 0.25) is 0 Å². The monoisotopic (exact) mass is 918 g/mol. The molecule has 10 rings (SSSR count). The van der Waals surface area contributed by atoms with Crippen LogP contribution in [0.1, 0.15) is 83.9 Å². The second-order valence-electron chi connectivity index (χ2n) is 17.1. The fourth-order valence-corrected chi connectivity index (χ4v) is 9.86. The number of rotatable bonds is 8. The molecule has 2 aliphatic heterocycles. The van der Waals surface area contributed by atoms with Gasteiger partial charge in [-0.3, -0.25) is 9.98 Å². The van der Waals surface area contributed by atoms with E-state index in [0.29, 0.717) is 0 Å². The molecule has 5 heteroatoms. The topological polar surface area (TPSA) is 52.9 Å². The first-order chi connectivity index (χ1) is 32.1. The van der Waals surface area contributed by atoms with E-state index in [9.17, 15) is 0 Å². The molecular weight excluding hydrogens is 866 g/mol. The van der Waals surface area contributed by atoms with Crippen molar-refractivity contribution in [1.29, 1.82) is 0 Å². The zero-order valence-electron chi connectivity index (χ0n) is 39.8. The molecule has 0 unspecified atom stereocenters. The van der Waals surface area contributed by atoms with Crippen molar-refractivity contribution in [3.05, 3.63) is 261 Å². The predicted molar refractivity (Wildman–Crippen MR) is 279 cm³/mol. The number of allylic oxidation sites excluding steroid dienone is 4. The van der Waals surface area contributed by atoms with Gasteiger partial charge >= 0.3 is 19.5 Å². The van der Waals surface area contributed by atoms with Gasteiger partial charge < -0.3 is 9.97 Å².